The number of aliphatic hydroxyl groups excluding tert-OH is 1. The molecule has 0 saturated carbocycles. The summed E-state index contributed by atoms with van der Waals surface area (Å²) in [5.41, 5.74) is 0.697. The summed E-state index contributed by atoms with van der Waals surface area (Å²) in [6.45, 7) is 1.63. The summed E-state index contributed by atoms with van der Waals surface area (Å²) in [7, 11) is 0. The number of hydrogen-bond acceptors (Lipinski definition) is 4. The largest absolute Gasteiger partial charge is 0.441 e. The van der Waals surface area contributed by atoms with Gasteiger partial charge in [-0.05, 0) is 25.1 Å². The van der Waals surface area contributed by atoms with Crippen molar-refractivity contribution in [3.63, 3.8) is 0 Å². The zero-order chi connectivity index (χ0) is 16.1. The van der Waals surface area contributed by atoms with E-state index in [-0.39, 0.29) is 25.0 Å². The molecule has 0 saturated heterocycles. The Morgan fingerprint density at radius 2 is 2.23 bits per heavy atom. The summed E-state index contributed by atoms with van der Waals surface area (Å²) in [5.74, 6) is 0.819. The first kappa shape index (κ1) is 16.8. The van der Waals surface area contributed by atoms with Gasteiger partial charge in [0.2, 0.25) is 5.91 Å². The Bertz CT molecular complexity index is 658. The van der Waals surface area contributed by atoms with Gasteiger partial charge < -0.3 is 14.8 Å². The molecule has 0 radical (unpaired) electrons. The first-order chi connectivity index (χ1) is 10.5. The van der Waals surface area contributed by atoms with E-state index in [0.29, 0.717) is 33.7 Å². The van der Waals surface area contributed by atoms with E-state index in [1.165, 1.54) is 0 Å². The topological polar surface area (TPSA) is 75.4 Å². The summed E-state index contributed by atoms with van der Waals surface area (Å²) in [5, 5.41) is 12.6. The molecule has 1 atom stereocenters. The van der Waals surface area contributed by atoms with Gasteiger partial charge in [-0.3, -0.25) is 4.79 Å². The van der Waals surface area contributed by atoms with Crippen molar-refractivity contribution < 1.29 is 14.3 Å². The molecule has 2 N–H and O–H groups in total. The molecule has 22 heavy (non-hydrogen) atoms. The SMILES string of the molecule is CC(CO)NC(=O)CCc1ncc(-c2ccc(Cl)cc2Cl)o1. The van der Waals surface area contributed by atoms with E-state index in [1.54, 1.807) is 31.3 Å². The number of nitrogens with zero attached hydrogens (tertiary/aromatic N) is 1. The average Bonchev–Trinajstić information content (AvgIpc) is 2.93. The summed E-state index contributed by atoms with van der Waals surface area (Å²) in [4.78, 5) is 15.8. The summed E-state index contributed by atoms with van der Waals surface area (Å²) < 4.78 is 5.60. The zero-order valence-electron chi connectivity index (χ0n) is 12.0. The number of rotatable bonds is 6. The monoisotopic (exact) mass is 342 g/mol. The van der Waals surface area contributed by atoms with Crippen LogP contribution in [0.3, 0.4) is 0 Å². The van der Waals surface area contributed by atoms with Gasteiger partial charge in [0.25, 0.3) is 0 Å². The fourth-order valence-corrected chi connectivity index (χ4v) is 2.35. The third-order valence-corrected chi connectivity index (χ3v) is 3.55. The number of amides is 1. The molecule has 2 rings (SSSR count). The highest BCUT2D eigenvalue weighted by Gasteiger charge is 2.12. The van der Waals surface area contributed by atoms with E-state index < -0.39 is 0 Å². The molecule has 0 aliphatic rings. The van der Waals surface area contributed by atoms with Crippen LogP contribution in [0.25, 0.3) is 11.3 Å². The van der Waals surface area contributed by atoms with Crippen LogP contribution in [0, 0.1) is 0 Å². The van der Waals surface area contributed by atoms with Crippen LogP contribution < -0.4 is 5.32 Å². The molecule has 0 fully saturated rings. The number of aromatic nitrogens is 1. The van der Waals surface area contributed by atoms with Crippen LogP contribution in [0.5, 0.6) is 0 Å². The van der Waals surface area contributed by atoms with Crippen molar-refractivity contribution in [1.29, 1.82) is 0 Å². The Balaban J connectivity index is 1.98. The summed E-state index contributed by atoms with van der Waals surface area (Å²) in [6, 6.07) is 4.84. The Kier molecular flexibility index (Phi) is 5.83. The highest BCUT2D eigenvalue weighted by atomic mass is 35.5. The zero-order valence-corrected chi connectivity index (χ0v) is 13.5. The number of oxazole rings is 1. The van der Waals surface area contributed by atoms with E-state index in [9.17, 15) is 4.79 Å². The predicted octanol–water partition coefficient (Wildman–Crippen LogP) is 3.08. The maximum absolute atomic E-state index is 11.6. The molecule has 7 heteroatoms. The molecule has 1 aromatic heterocycles. The number of halogens is 2. The maximum atomic E-state index is 11.6. The van der Waals surface area contributed by atoms with E-state index in [1.807, 2.05) is 0 Å². The van der Waals surface area contributed by atoms with Gasteiger partial charge in [-0.1, -0.05) is 23.2 Å². The minimum absolute atomic E-state index is 0.0933. The third kappa shape index (κ3) is 4.47. The van der Waals surface area contributed by atoms with E-state index in [0.717, 1.165) is 0 Å². The molecule has 1 heterocycles. The number of carbonyl (C=O) groups excluding carboxylic acids is 1. The normalized spacial score (nSPS) is 12.2. The van der Waals surface area contributed by atoms with Crippen molar-refractivity contribution in [3.05, 3.63) is 40.3 Å². The van der Waals surface area contributed by atoms with Crippen LogP contribution >= 0.6 is 23.2 Å². The van der Waals surface area contributed by atoms with Crippen molar-refractivity contribution in [1.82, 2.24) is 10.3 Å². The Morgan fingerprint density at radius 3 is 2.91 bits per heavy atom. The van der Waals surface area contributed by atoms with E-state index in [2.05, 4.69) is 10.3 Å². The second-order valence-corrected chi connectivity index (χ2v) is 5.74. The Labute approximate surface area is 138 Å². The third-order valence-electron chi connectivity index (χ3n) is 3.00. The summed E-state index contributed by atoms with van der Waals surface area (Å²) in [6.07, 6.45) is 2.17. The Morgan fingerprint density at radius 1 is 1.45 bits per heavy atom. The van der Waals surface area contributed by atoms with E-state index in [4.69, 9.17) is 32.7 Å². The minimum Gasteiger partial charge on any atom is -0.441 e. The van der Waals surface area contributed by atoms with Gasteiger partial charge in [0, 0.05) is 29.5 Å². The lowest BCUT2D eigenvalue weighted by Gasteiger charge is -2.09. The van der Waals surface area contributed by atoms with Crippen LogP contribution in [-0.2, 0) is 11.2 Å². The van der Waals surface area contributed by atoms with Gasteiger partial charge in [-0.15, -0.1) is 0 Å². The van der Waals surface area contributed by atoms with Gasteiger partial charge in [0.15, 0.2) is 11.7 Å². The first-order valence-electron chi connectivity index (χ1n) is 6.80. The molecule has 0 aliphatic carbocycles. The van der Waals surface area contributed by atoms with Gasteiger partial charge in [0.05, 0.1) is 17.8 Å². The average molecular weight is 343 g/mol. The lowest BCUT2D eigenvalue weighted by Crippen LogP contribution is -2.35. The maximum Gasteiger partial charge on any atom is 0.220 e. The fraction of sp³-hybridized carbons (Fsp3) is 0.333. The molecule has 1 amide bonds. The number of hydrogen-bond donors (Lipinski definition) is 2. The van der Waals surface area contributed by atoms with Crippen molar-refractivity contribution >= 4 is 29.1 Å². The van der Waals surface area contributed by atoms with Crippen molar-refractivity contribution in [2.45, 2.75) is 25.8 Å². The van der Waals surface area contributed by atoms with Gasteiger partial charge >= 0.3 is 0 Å². The second kappa shape index (κ2) is 7.63. The highest BCUT2D eigenvalue weighted by Crippen LogP contribution is 2.30. The van der Waals surface area contributed by atoms with Crippen LogP contribution in [-0.4, -0.2) is 28.6 Å². The lowest BCUT2D eigenvalue weighted by atomic mass is 10.2. The molecular formula is C15H16Cl2N2O3. The fourth-order valence-electron chi connectivity index (χ4n) is 1.85. The quantitative estimate of drug-likeness (QED) is 0.845. The molecule has 0 aliphatic heterocycles. The first-order valence-corrected chi connectivity index (χ1v) is 7.55. The van der Waals surface area contributed by atoms with Gasteiger partial charge in [-0.2, -0.15) is 0 Å². The Hall–Kier alpha value is -1.56. The van der Waals surface area contributed by atoms with Gasteiger partial charge in [-0.25, -0.2) is 4.98 Å². The van der Waals surface area contributed by atoms with Gasteiger partial charge in [0.1, 0.15) is 0 Å². The molecule has 2 aromatic rings. The number of aryl methyl sites for hydroxylation is 1. The molecule has 1 aromatic carbocycles. The second-order valence-electron chi connectivity index (χ2n) is 4.89. The lowest BCUT2D eigenvalue weighted by molar-refractivity contribution is -0.122. The standard InChI is InChI=1S/C15H16Cl2N2O3/c1-9(8-20)19-14(21)4-5-15-18-7-13(22-15)11-3-2-10(16)6-12(11)17/h2-3,6-7,9,20H,4-5,8H2,1H3,(H,19,21). The minimum atomic E-state index is -0.263. The molecule has 5 nitrogen and oxygen atoms in total. The molecule has 0 spiro atoms. The number of carbonyl (C=O) groups is 1. The summed E-state index contributed by atoms with van der Waals surface area (Å²) >= 11 is 12.0. The molecule has 0 bridgehead atoms. The molecular weight excluding hydrogens is 327 g/mol. The van der Waals surface area contributed by atoms with Crippen LogP contribution in [0.1, 0.15) is 19.2 Å². The highest BCUT2D eigenvalue weighted by molar-refractivity contribution is 6.36. The molecule has 118 valence electrons. The number of nitrogens with one attached hydrogen (secondary N) is 1. The van der Waals surface area contributed by atoms with Crippen LogP contribution in [0.15, 0.2) is 28.8 Å². The molecule has 1 unspecified atom stereocenters. The van der Waals surface area contributed by atoms with Crippen LogP contribution in [0.2, 0.25) is 10.0 Å². The number of aliphatic hydroxyl groups is 1. The number of benzene rings is 1. The van der Waals surface area contributed by atoms with Crippen molar-refractivity contribution in [3.8, 4) is 11.3 Å². The van der Waals surface area contributed by atoms with Crippen molar-refractivity contribution in [2.75, 3.05) is 6.61 Å². The smallest absolute Gasteiger partial charge is 0.220 e. The van der Waals surface area contributed by atoms with Crippen LogP contribution in [0.4, 0.5) is 0 Å². The van der Waals surface area contributed by atoms with Crippen molar-refractivity contribution in [2.24, 2.45) is 0 Å². The van der Waals surface area contributed by atoms with E-state index >= 15 is 0 Å². The predicted molar refractivity (Wildman–Crippen MR) is 85.0 cm³/mol.